The van der Waals surface area contributed by atoms with Crippen LogP contribution in [0.25, 0.3) is 0 Å². The molecule has 0 saturated heterocycles. The average Bonchev–Trinajstić information content (AvgIpc) is 2.82. The number of phenolic OH excluding ortho intramolecular Hbond substituents is 1. The number of aromatic nitrogens is 3. The van der Waals surface area contributed by atoms with E-state index in [9.17, 15) is 5.11 Å². The molecule has 6 nitrogen and oxygen atoms in total. The topological polar surface area (TPSA) is 75.4 Å². The van der Waals surface area contributed by atoms with Gasteiger partial charge in [0.2, 0.25) is 4.77 Å². The standard InChI is InChI=1S/C13H15BrN4O2S/c1-3-4-10-16-17-13(21)18(10)15-7-8-5-6-9(20-2)12(19)11(8)14/h5-7,19H,3-4H2,1-2H3,(H,17,21)/b15-7-. The molecular weight excluding hydrogens is 356 g/mol. The van der Waals surface area contributed by atoms with Crippen LogP contribution in [0.15, 0.2) is 21.7 Å². The Morgan fingerprint density at radius 3 is 3.00 bits per heavy atom. The molecule has 0 aliphatic rings. The van der Waals surface area contributed by atoms with E-state index >= 15 is 0 Å². The first kappa shape index (κ1) is 15.7. The first-order valence-corrected chi connectivity index (χ1v) is 7.54. The second kappa shape index (κ2) is 6.86. The second-order valence-corrected chi connectivity index (χ2v) is 5.45. The van der Waals surface area contributed by atoms with Gasteiger partial charge in [-0.1, -0.05) is 6.92 Å². The number of ether oxygens (including phenoxy) is 1. The van der Waals surface area contributed by atoms with Gasteiger partial charge in [0.1, 0.15) is 0 Å². The molecule has 0 saturated carbocycles. The molecule has 2 aromatic rings. The Morgan fingerprint density at radius 2 is 2.33 bits per heavy atom. The van der Waals surface area contributed by atoms with E-state index in [2.05, 4.69) is 38.2 Å². The molecule has 112 valence electrons. The molecule has 1 aromatic heterocycles. The van der Waals surface area contributed by atoms with Crippen molar-refractivity contribution in [2.24, 2.45) is 5.10 Å². The lowest BCUT2D eigenvalue weighted by Gasteiger charge is -2.07. The smallest absolute Gasteiger partial charge is 0.216 e. The first-order valence-electron chi connectivity index (χ1n) is 6.34. The molecule has 0 atom stereocenters. The summed E-state index contributed by atoms with van der Waals surface area (Å²) in [4.78, 5) is 0. The lowest BCUT2D eigenvalue weighted by atomic mass is 10.2. The summed E-state index contributed by atoms with van der Waals surface area (Å²) >= 11 is 8.47. The lowest BCUT2D eigenvalue weighted by molar-refractivity contribution is 0.372. The van der Waals surface area contributed by atoms with Crippen LogP contribution in [0.5, 0.6) is 11.5 Å². The van der Waals surface area contributed by atoms with Gasteiger partial charge in [0.15, 0.2) is 17.3 Å². The fraction of sp³-hybridized carbons (Fsp3) is 0.308. The molecule has 0 unspecified atom stereocenters. The van der Waals surface area contributed by atoms with Crippen molar-refractivity contribution in [1.29, 1.82) is 0 Å². The molecule has 21 heavy (non-hydrogen) atoms. The van der Waals surface area contributed by atoms with E-state index in [0.29, 0.717) is 20.6 Å². The number of aromatic amines is 1. The molecule has 0 radical (unpaired) electrons. The van der Waals surface area contributed by atoms with Crippen LogP contribution < -0.4 is 4.74 Å². The molecule has 0 bridgehead atoms. The zero-order chi connectivity index (χ0) is 15.4. The normalized spacial score (nSPS) is 11.2. The highest BCUT2D eigenvalue weighted by Crippen LogP contribution is 2.35. The number of benzene rings is 1. The number of rotatable bonds is 5. The number of nitrogens with zero attached hydrogens (tertiary/aromatic N) is 3. The number of aromatic hydroxyl groups is 1. The largest absolute Gasteiger partial charge is 0.503 e. The molecule has 0 fully saturated rings. The molecule has 1 heterocycles. The highest BCUT2D eigenvalue weighted by molar-refractivity contribution is 9.10. The zero-order valence-corrected chi connectivity index (χ0v) is 14.0. The summed E-state index contributed by atoms with van der Waals surface area (Å²) in [6.07, 6.45) is 3.33. The second-order valence-electron chi connectivity index (χ2n) is 4.27. The maximum absolute atomic E-state index is 9.95. The van der Waals surface area contributed by atoms with Gasteiger partial charge in [0.25, 0.3) is 0 Å². The van der Waals surface area contributed by atoms with Gasteiger partial charge in [0.05, 0.1) is 17.8 Å². The third kappa shape index (κ3) is 3.33. The number of methoxy groups -OCH3 is 1. The van der Waals surface area contributed by atoms with E-state index in [1.54, 1.807) is 23.0 Å². The lowest BCUT2D eigenvalue weighted by Crippen LogP contribution is -1.99. The fourth-order valence-electron chi connectivity index (χ4n) is 1.78. The van der Waals surface area contributed by atoms with Crippen molar-refractivity contribution in [2.75, 3.05) is 7.11 Å². The van der Waals surface area contributed by atoms with E-state index in [4.69, 9.17) is 17.0 Å². The minimum absolute atomic E-state index is 0.0334. The van der Waals surface area contributed by atoms with E-state index in [-0.39, 0.29) is 5.75 Å². The summed E-state index contributed by atoms with van der Waals surface area (Å²) < 4.78 is 7.56. The summed E-state index contributed by atoms with van der Waals surface area (Å²) in [7, 11) is 1.50. The number of nitrogens with one attached hydrogen (secondary N) is 1. The minimum Gasteiger partial charge on any atom is -0.503 e. The summed E-state index contributed by atoms with van der Waals surface area (Å²) in [5.74, 6) is 1.20. The first-order chi connectivity index (χ1) is 10.1. The van der Waals surface area contributed by atoms with Crippen molar-refractivity contribution in [3.63, 3.8) is 0 Å². The van der Waals surface area contributed by atoms with Crippen molar-refractivity contribution in [3.8, 4) is 11.5 Å². The van der Waals surface area contributed by atoms with E-state index in [1.807, 2.05) is 0 Å². The van der Waals surface area contributed by atoms with Crippen LogP contribution in [-0.2, 0) is 6.42 Å². The van der Waals surface area contributed by atoms with Crippen LogP contribution in [0.4, 0.5) is 0 Å². The van der Waals surface area contributed by atoms with Crippen LogP contribution in [0.1, 0.15) is 24.7 Å². The number of hydrogen-bond donors (Lipinski definition) is 2. The number of hydrogen-bond acceptors (Lipinski definition) is 5. The quantitative estimate of drug-likeness (QED) is 0.625. The van der Waals surface area contributed by atoms with Gasteiger partial charge >= 0.3 is 0 Å². The maximum Gasteiger partial charge on any atom is 0.216 e. The predicted molar refractivity (Wildman–Crippen MR) is 86.8 cm³/mol. The van der Waals surface area contributed by atoms with Gasteiger partial charge in [-0.25, -0.2) is 0 Å². The molecule has 1 aromatic carbocycles. The summed E-state index contributed by atoms with van der Waals surface area (Å²) in [6, 6.07) is 3.46. The van der Waals surface area contributed by atoms with E-state index < -0.39 is 0 Å². The van der Waals surface area contributed by atoms with Gasteiger partial charge in [0, 0.05) is 12.0 Å². The predicted octanol–water partition coefficient (Wildman–Crippen LogP) is 3.25. The Balaban J connectivity index is 2.36. The molecular formula is C13H15BrN4O2S. The highest BCUT2D eigenvalue weighted by Gasteiger charge is 2.10. The molecule has 2 rings (SSSR count). The summed E-state index contributed by atoms with van der Waals surface area (Å²) in [5.41, 5.74) is 0.707. The SMILES string of the molecule is CCCc1n[nH]c(=S)n1/N=C\c1ccc(OC)c(O)c1Br. The Hall–Kier alpha value is -1.67. The maximum atomic E-state index is 9.95. The Kier molecular flexibility index (Phi) is 5.13. The minimum atomic E-state index is 0.0334. The number of halogens is 1. The molecule has 8 heteroatoms. The average molecular weight is 371 g/mol. The van der Waals surface area contributed by atoms with Gasteiger partial charge in [-0.3, -0.25) is 5.10 Å². The van der Waals surface area contributed by atoms with Gasteiger partial charge < -0.3 is 9.84 Å². The van der Waals surface area contributed by atoms with Gasteiger partial charge in [-0.05, 0) is 46.7 Å². The van der Waals surface area contributed by atoms with Crippen LogP contribution in [0, 0.1) is 4.77 Å². The third-order valence-electron chi connectivity index (χ3n) is 2.83. The molecule has 0 spiro atoms. The Labute approximate surface area is 135 Å². The Morgan fingerprint density at radius 1 is 1.57 bits per heavy atom. The molecule has 2 N–H and O–H groups in total. The highest BCUT2D eigenvalue weighted by atomic mass is 79.9. The molecule has 0 aliphatic carbocycles. The zero-order valence-electron chi connectivity index (χ0n) is 11.6. The van der Waals surface area contributed by atoms with E-state index in [1.165, 1.54) is 7.11 Å². The molecule has 0 aliphatic heterocycles. The third-order valence-corrected chi connectivity index (χ3v) is 3.93. The Bertz CT molecular complexity index is 723. The van der Waals surface area contributed by atoms with Crippen molar-refractivity contribution in [2.45, 2.75) is 19.8 Å². The molecule has 0 amide bonds. The van der Waals surface area contributed by atoms with Gasteiger partial charge in [-0.15, -0.1) is 0 Å². The summed E-state index contributed by atoms with van der Waals surface area (Å²) in [5, 5.41) is 21.1. The van der Waals surface area contributed by atoms with E-state index in [0.717, 1.165) is 18.7 Å². The van der Waals surface area contributed by atoms with Crippen molar-refractivity contribution >= 4 is 34.4 Å². The number of phenols is 1. The fourth-order valence-corrected chi connectivity index (χ4v) is 2.40. The monoisotopic (exact) mass is 370 g/mol. The van der Waals surface area contributed by atoms with Crippen molar-refractivity contribution in [3.05, 3.63) is 32.8 Å². The van der Waals surface area contributed by atoms with Crippen LogP contribution >= 0.6 is 28.1 Å². The van der Waals surface area contributed by atoms with Crippen molar-refractivity contribution in [1.82, 2.24) is 14.9 Å². The number of H-pyrrole nitrogens is 1. The van der Waals surface area contributed by atoms with Gasteiger partial charge in [-0.2, -0.15) is 14.9 Å². The van der Waals surface area contributed by atoms with Crippen LogP contribution in [0.2, 0.25) is 0 Å². The number of aryl methyl sites for hydroxylation is 1. The van der Waals surface area contributed by atoms with Crippen LogP contribution in [0.3, 0.4) is 0 Å². The van der Waals surface area contributed by atoms with Crippen molar-refractivity contribution < 1.29 is 9.84 Å². The van der Waals surface area contributed by atoms with Crippen LogP contribution in [-0.4, -0.2) is 33.3 Å². The summed E-state index contributed by atoms with van der Waals surface area (Å²) in [6.45, 7) is 2.06.